The number of nitrogens with one attached hydrogen (secondary N) is 1. The molecule has 0 spiro atoms. The lowest BCUT2D eigenvalue weighted by molar-refractivity contribution is -0.133. The van der Waals surface area contributed by atoms with Crippen molar-refractivity contribution >= 4 is 24.0 Å². The Balaban J connectivity index is 1.54. The van der Waals surface area contributed by atoms with Crippen molar-refractivity contribution in [3.63, 3.8) is 0 Å². The first kappa shape index (κ1) is 21.0. The van der Waals surface area contributed by atoms with Crippen molar-refractivity contribution in [1.29, 1.82) is 0 Å². The second kappa shape index (κ2) is 9.69. The summed E-state index contributed by atoms with van der Waals surface area (Å²) in [7, 11) is 1.46. The molecule has 8 heteroatoms. The fourth-order valence-electron chi connectivity index (χ4n) is 3.26. The van der Waals surface area contributed by atoms with Crippen molar-refractivity contribution < 1.29 is 23.9 Å². The highest BCUT2D eigenvalue weighted by Crippen LogP contribution is 2.28. The molecule has 2 aromatic rings. The van der Waals surface area contributed by atoms with Crippen LogP contribution >= 0.6 is 0 Å². The van der Waals surface area contributed by atoms with Gasteiger partial charge in [0.1, 0.15) is 6.54 Å². The zero-order chi connectivity index (χ0) is 21.5. The number of hydrogen-bond acceptors (Lipinski definition) is 6. The highest BCUT2D eigenvalue weighted by Gasteiger charge is 2.31. The average Bonchev–Trinajstić information content (AvgIpc) is 3.09. The molecule has 0 radical (unpaired) electrons. The number of nitrogens with zero attached hydrogens (tertiary/aromatic N) is 2. The maximum atomic E-state index is 12.2. The molecule has 156 valence electrons. The molecule has 1 aliphatic rings. The lowest BCUT2D eigenvalue weighted by Gasteiger charge is -2.15. The minimum absolute atomic E-state index is 0.0474. The van der Waals surface area contributed by atoms with E-state index in [1.54, 1.807) is 23.1 Å². The third-order valence-corrected chi connectivity index (χ3v) is 4.66. The maximum Gasteiger partial charge on any atom is 0.308 e. The number of rotatable bonds is 7. The van der Waals surface area contributed by atoms with Crippen LogP contribution in [-0.2, 0) is 14.4 Å². The maximum absolute atomic E-state index is 12.2. The predicted octanol–water partition coefficient (Wildman–Crippen LogP) is 2.09. The number of carbonyl (C=O) groups excluding carboxylic acids is 3. The zero-order valence-corrected chi connectivity index (χ0v) is 16.8. The molecule has 3 rings (SSSR count). The number of methoxy groups -OCH3 is 1. The van der Waals surface area contributed by atoms with Crippen molar-refractivity contribution in [3.8, 4) is 11.5 Å². The van der Waals surface area contributed by atoms with Gasteiger partial charge in [0.25, 0.3) is 5.91 Å². The van der Waals surface area contributed by atoms with Gasteiger partial charge in [0.05, 0.1) is 13.3 Å². The molecule has 1 heterocycles. The average molecular weight is 409 g/mol. The summed E-state index contributed by atoms with van der Waals surface area (Å²) in [6.07, 6.45) is 1.84. The number of hydrazone groups is 1. The lowest BCUT2D eigenvalue weighted by Crippen LogP contribution is -2.36. The summed E-state index contributed by atoms with van der Waals surface area (Å²) >= 11 is 0. The highest BCUT2D eigenvalue weighted by molar-refractivity contribution is 5.88. The van der Waals surface area contributed by atoms with Gasteiger partial charge in [0, 0.05) is 25.8 Å². The largest absolute Gasteiger partial charge is 0.493 e. The molecule has 0 bridgehead atoms. The summed E-state index contributed by atoms with van der Waals surface area (Å²) in [5.41, 5.74) is 4.17. The van der Waals surface area contributed by atoms with E-state index in [4.69, 9.17) is 9.47 Å². The molecule has 0 aromatic heterocycles. The molecule has 1 unspecified atom stereocenters. The van der Waals surface area contributed by atoms with Gasteiger partial charge in [-0.05, 0) is 29.3 Å². The number of amides is 2. The van der Waals surface area contributed by atoms with Gasteiger partial charge in [-0.15, -0.1) is 0 Å². The van der Waals surface area contributed by atoms with Gasteiger partial charge in [-0.3, -0.25) is 14.4 Å². The first-order valence-corrected chi connectivity index (χ1v) is 9.47. The van der Waals surface area contributed by atoms with Crippen LogP contribution in [0.5, 0.6) is 11.5 Å². The summed E-state index contributed by atoms with van der Waals surface area (Å²) in [5, 5.41) is 3.93. The Morgan fingerprint density at radius 1 is 1.20 bits per heavy atom. The van der Waals surface area contributed by atoms with E-state index in [9.17, 15) is 14.4 Å². The SMILES string of the molecule is COc1cc(/C=N/NC(=O)CN2CC(c3ccccc3)CC2=O)ccc1OC(C)=O. The highest BCUT2D eigenvalue weighted by atomic mass is 16.6. The van der Waals surface area contributed by atoms with Gasteiger partial charge < -0.3 is 14.4 Å². The van der Waals surface area contributed by atoms with E-state index in [-0.39, 0.29) is 24.3 Å². The normalized spacial score (nSPS) is 16.0. The summed E-state index contributed by atoms with van der Waals surface area (Å²) in [6, 6.07) is 14.7. The van der Waals surface area contributed by atoms with Crippen molar-refractivity contribution in [3.05, 3.63) is 59.7 Å². The van der Waals surface area contributed by atoms with E-state index in [0.29, 0.717) is 30.0 Å². The van der Waals surface area contributed by atoms with E-state index in [0.717, 1.165) is 5.56 Å². The van der Waals surface area contributed by atoms with Crippen LogP contribution in [0.3, 0.4) is 0 Å². The Hall–Kier alpha value is -3.68. The van der Waals surface area contributed by atoms with Crippen LogP contribution in [0.2, 0.25) is 0 Å². The summed E-state index contributed by atoms with van der Waals surface area (Å²) in [4.78, 5) is 37.0. The van der Waals surface area contributed by atoms with E-state index < -0.39 is 5.97 Å². The molecular weight excluding hydrogens is 386 g/mol. The minimum atomic E-state index is -0.451. The van der Waals surface area contributed by atoms with E-state index >= 15 is 0 Å². The first-order valence-electron chi connectivity index (χ1n) is 9.47. The smallest absolute Gasteiger partial charge is 0.308 e. The van der Waals surface area contributed by atoms with Crippen LogP contribution in [0.1, 0.15) is 30.4 Å². The second-order valence-corrected chi connectivity index (χ2v) is 6.88. The fraction of sp³-hybridized carbons (Fsp3) is 0.273. The van der Waals surface area contributed by atoms with Crippen LogP contribution < -0.4 is 14.9 Å². The van der Waals surface area contributed by atoms with Crippen molar-refractivity contribution in [2.24, 2.45) is 5.10 Å². The Labute approximate surface area is 174 Å². The van der Waals surface area contributed by atoms with Gasteiger partial charge in [-0.2, -0.15) is 5.10 Å². The molecule has 8 nitrogen and oxygen atoms in total. The van der Waals surface area contributed by atoms with Gasteiger partial charge in [-0.1, -0.05) is 30.3 Å². The van der Waals surface area contributed by atoms with Crippen molar-refractivity contribution in [2.75, 3.05) is 20.2 Å². The van der Waals surface area contributed by atoms with Gasteiger partial charge in [0.2, 0.25) is 5.91 Å². The fourth-order valence-corrected chi connectivity index (χ4v) is 3.26. The summed E-state index contributed by atoms with van der Waals surface area (Å²) < 4.78 is 10.2. The van der Waals surface area contributed by atoms with Crippen LogP contribution in [0, 0.1) is 0 Å². The number of ether oxygens (including phenoxy) is 2. The zero-order valence-electron chi connectivity index (χ0n) is 16.8. The number of esters is 1. The number of likely N-dealkylation sites (tertiary alicyclic amines) is 1. The Morgan fingerprint density at radius 2 is 1.97 bits per heavy atom. The molecule has 1 atom stereocenters. The molecule has 1 fully saturated rings. The first-order chi connectivity index (χ1) is 14.5. The quantitative estimate of drug-likeness (QED) is 0.327. The lowest BCUT2D eigenvalue weighted by atomic mass is 9.99. The number of hydrogen-bond donors (Lipinski definition) is 1. The molecular formula is C22H23N3O5. The van der Waals surface area contributed by atoms with E-state index in [1.165, 1.54) is 20.2 Å². The van der Waals surface area contributed by atoms with Crippen molar-refractivity contribution in [1.82, 2.24) is 10.3 Å². The topological polar surface area (TPSA) is 97.3 Å². The molecule has 1 saturated heterocycles. The van der Waals surface area contributed by atoms with Crippen LogP contribution in [0.4, 0.5) is 0 Å². The van der Waals surface area contributed by atoms with Crippen LogP contribution in [0.25, 0.3) is 0 Å². The standard InChI is InChI=1S/C22H23N3O5/c1-15(26)30-19-9-8-16(10-20(19)29-2)12-23-24-21(27)14-25-13-18(11-22(25)28)17-6-4-3-5-7-17/h3-10,12,18H,11,13-14H2,1-2H3,(H,24,27)/b23-12+. The predicted molar refractivity (Wildman–Crippen MR) is 110 cm³/mol. The summed E-state index contributed by atoms with van der Waals surface area (Å²) in [5.74, 6) is -0.112. The molecule has 2 aromatic carbocycles. The third-order valence-electron chi connectivity index (χ3n) is 4.66. The van der Waals surface area contributed by atoms with E-state index in [2.05, 4.69) is 10.5 Å². The second-order valence-electron chi connectivity index (χ2n) is 6.88. The number of benzene rings is 2. The molecule has 0 saturated carbocycles. The van der Waals surface area contributed by atoms with Gasteiger partial charge in [0.15, 0.2) is 11.5 Å². The third kappa shape index (κ3) is 5.44. The minimum Gasteiger partial charge on any atom is -0.493 e. The summed E-state index contributed by atoms with van der Waals surface area (Å²) in [6.45, 7) is 1.76. The Bertz CT molecular complexity index is 959. The van der Waals surface area contributed by atoms with E-state index in [1.807, 2.05) is 30.3 Å². The molecule has 1 N–H and O–H groups in total. The Kier molecular flexibility index (Phi) is 6.79. The van der Waals surface area contributed by atoms with Gasteiger partial charge >= 0.3 is 5.97 Å². The molecule has 0 aliphatic carbocycles. The van der Waals surface area contributed by atoms with Crippen molar-refractivity contribution in [2.45, 2.75) is 19.3 Å². The van der Waals surface area contributed by atoms with Gasteiger partial charge in [-0.25, -0.2) is 5.43 Å². The molecule has 1 aliphatic heterocycles. The molecule has 30 heavy (non-hydrogen) atoms. The molecule has 2 amide bonds. The number of carbonyl (C=O) groups is 3. The van der Waals surface area contributed by atoms with Crippen LogP contribution in [-0.4, -0.2) is 49.1 Å². The Morgan fingerprint density at radius 3 is 2.67 bits per heavy atom. The van der Waals surface area contributed by atoms with Crippen LogP contribution in [0.15, 0.2) is 53.6 Å². The monoisotopic (exact) mass is 409 g/mol.